The molecule has 11 nitrogen and oxygen atoms in total. The second-order valence-corrected chi connectivity index (χ2v) is 9.23. The van der Waals surface area contributed by atoms with Gasteiger partial charge in [-0.3, -0.25) is 4.79 Å². The fourth-order valence-electron chi connectivity index (χ4n) is 3.62. The molecule has 39 heavy (non-hydrogen) atoms. The molecule has 1 atom stereocenters. The number of nitrogens with zero attached hydrogens (tertiary/aromatic N) is 1. The summed E-state index contributed by atoms with van der Waals surface area (Å²) in [5.41, 5.74) is 4.43. The average molecular weight is 648 g/mol. The standard InChI is InChI=1S/C27H29IN4O7/c1-5-11-38-20-9-7-17(12-19(20)28)14-29-32-23(33)15-39-21-10-8-18(13-22(21)36-4)25-24(26(34)37-6-2)16(3)30-27(35)31-25/h5,7-10,12-14,25H,1,6,11,15H2,2-4H3,(H,32,33)(H2,30,31,35)/b29-14-/t25-/m0/s1. The number of hydrogen-bond donors (Lipinski definition) is 3. The van der Waals surface area contributed by atoms with Gasteiger partial charge in [0.1, 0.15) is 12.4 Å². The summed E-state index contributed by atoms with van der Waals surface area (Å²) in [6.07, 6.45) is 3.18. The molecule has 12 heteroatoms. The van der Waals surface area contributed by atoms with Gasteiger partial charge in [-0.2, -0.15) is 5.10 Å². The molecule has 0 radical (unpaired) electrons. The molecule has 206 valence electrons. The first-order chi connectivity index (χ1) is 18.8. The highest BCUT2D eigenvalue weighted by Crippen LogP contribution is 2.34. The normalized spacial score (nSPS) is 14.8. The third-order valence-corrected chi connectivity index (χ3v) is 6.20. The molecule has 0 unspecified atom stereocenters. The van der Waals surface area contributed by atoms with Crippen molar-refractivity contribution in [1.29, 1.82) is 0 Å². The Labute approximate surface area is 239 Å². The minimum atomic E-state index is -0.760. The molecule has 3 N–H and O–H groups in total. The molecule has 0 saturated heterocycles. The zero-order chi connectivity index (χ0) is 28.4. The number of carbonyl (C=O) groups is 3. The molecule has 0 fully saturated rings. The number of rotatable bonds is 12. The van der Waals surface area contributed by atoms with Crippen molar-refractivity contribution >= 4 is 46.7 Å². The summed E-state index contributed by atoms with van der Waals surface area (Å²) in [4.78, 5) is 36.9. The van der Waals surface area contributed by atoms with E-state index in [1.54, 1.807) is 38.1 Å². The highest BCUT2D eigenvalue weighted by molar-refractivity contribution is 14.1. The monoisotopic (exact) mass is 648 g/mol. The van der Waals surface area contributed by atoms with Crippen LogP contribution in [-0.2, 0) is 14.3 Å². The maximum atomic E-state index is 12.6. The van der Waals surface area contributed by atoms with Gasteiger partial charge in [0, 0.05) is 5.70 Å². The maximum absolute atomic E-state index is 12.6. The van der Waals surface area contributed by atoms with Gasteiger partial charge in [0.2, 0.25) is 0 Å². The van der Waals surface area contributed by atoms with Crippen LogP contribution < -0.4 is 30.3 Å². The van der Waals surface area contributed by atoms with Crippen molar-refractivity contribution in [2.75, 3.05) is 26.9 Å². The van der Waals surface area contributed by atoms with E-state index >= 15 is 0 Å². The first-order valence-electron chi connectivity index (χ1n) is 11.9. The smallest absolute Gasteiger partial charge is 0.338 e. The van der Waals surface area contributed by atoms with Crippen molar-refractivity contribution in [3.8, 4) is 17.2 Å². The fraction of sp³-hybridized carbons (Fsp3) is 0.259. The van der Waals surface area contributed by atoms with Gasteiger partial charge in [-0.1, -0.05) is 18.7 Å². The van der Waals surface area contributed by atoms with E-state index in [-0.39, 0.29) is 18.8 Å². The first kappa shape index (κ1) is 29.5. The number of esters is 1. The van der Waals surface area contributed by atoms with Gasteiger partial charge in [-0.25, -0.2) is 15.0 Å². The van der Waals surface area contributed by atoms with Crippen molar-refractivity contribution < 1.29 is 33.3 Å². The molecule has 1 aliphatic rings. The summed E-state index contributed by atoms with van der Waals surface area (Å²) < 4.78 is 22.6. The molecule has 0 saturated carbocycles. The van der Waals surface area contributed by atoms with Crippen molar-refractivity contribution in [2.45, 2.75) is 19.9 Å². The van der Waals surface area contributed by atoms with Crippen molar-refractivity contribution in [3.63, 3.8) is 0 Å². The number of urea groups is 1. The van der Waals surface area contributed by atoms with E-state index in [1.807, 2.05) is 18.2 Å². The Hall–Kier alpha value is -4.07. The summed E-state index contributed by atoms with van der Waals surface area (Å²) in [5, 5.41) is 9.29. The quantitative estimate of drug-likeness (QED) is 0.105. The van der Waals surface area contributed by atoms with Crippen LogP contribution >= 0.6 is 22.6 Å². The molecule has 2 aromatic rings. The van der Waals surface area contributed by atoms with Crippen LogP contribution in [0.3, 0.4) is 0 Å². The Kier molecular flexibility index (Phi) is 10.7. The lowest BCUT2D eigenvalue weighted by Gasteiger charge is -2.28. The summed E-state index contributed by atoms with van der Waals surface area (Å²) in [5.74, 6) is 0.313. The summed E-state index contributed by atoms with van der Waals surface area (Å²) in [6, 6.07) is 9.17. The summed E-state index contributed by atoms with van der Waals surface area (Å²) >= 11 is 2.15. The minimum absolute atomic E-state index is 0.190. The van der Waals surface area contributed by atoms with Gasteiger partial charge >= 0.3 is 12.0 Å². The van der Waals surface area contributed by atoms with E-state index in [0.29, 0.717) is 29.4 Å². The third kappa shape index (κ3) is 7.96. The van der Waals surface area contributed by atoms with Crippen molar-refractivity contribution in [2.24, 2.45) is 5.10 Å². The molecule has 3 amide bonds. The number of methoxy groups -OCH3 is 1. The predicted molar refractivity (Wildman–Crippen MR) is 153 cm³/mol. The number of ether oxygens (including phenoxy) is 4. The van der Waals surface area contributed by atoms with Gasteiger partial charge in [-0.15, -0.1) is 0 Å². The summed E-state index contributed by atoms with van der Waals surface area (Å²) in [7, 11) is 1.44. The minimum Gasteiger partial charge on any atom is -0.493 e. The second kappa shape index (κ2) is 14.2. The lowest BCUT2D eigenvalue weighted by atomic mass is 9.95. The van der Waals surface area contributed by atoms with Gasteiger partial charge in [0.05, 0.1) is 35.1 Å². The number of benzene rings is 2. The zero-order valence-corrected chi connectivity index (χ0v) is 23.9. The number of amides is 3. The lowest BCUT2D eigenvalue weighted by molar-refractivity contribution is -0.139. The van der Waals surface area contributed by atoms with E-state index in [9.17, 15) is 14.4 Å². The van der Waals surface area contributed by atoms with Crippen LogP contribution in [0.5, 0.6) is 17.2 Å². The SMILES string of the molecule is C=CCOc1ccc(/C=N\NC(=O)COc2ccc([C@@H]3NC(=O)NC(C)=C3C(=O)OCC)cc2OC)cc1I. The zero-order valence-electron chi connectivity index (χ0n) is 21.7. The molecular weight excluding hydrogens is 619 g/mol. The third-order valence-electron chi connectivity index (χ3n) is 5.36. The Morgan fingerprint density at radius 2 is 1.92 bits per heavy atom. The first-order valence-corrected chi connectivity index (χ1v) is 13.0. The highest BCUT2D eigenvalue weighted by Gasteiger charge is 2.32. The van der Waals surface area contributed by atoms with Gasteiger partial charge < -0.3 is 29.6 Å². The lowest BCUT2D eigenvalue weighted by Crippen LogP contribution is -2.45. The van der Waals surface area contributed by atoms with Crippen LogP contribution in [0.1, 0.15) is 31.0 Å². The molecule has 0 aromatic heterocycles. The van der Waals surface area contributed by atoms with Gasteiger partial charge in [0.15, 0.2) is 18.1 Å². The number of hydrogen-bond acceptors (Lipinski definition) is 8. The van der Waals surface area contributed by atoms with Crippen molar-refractivity contribution in [3.05, 3.63) is 75.0 Å². The number of carbonyl (C=O) groups excluding carboxylic acids is 3. The number of halogens is 1. The van der Waals surface area contributed by atoms with Gasteiger partial charge in [-0.05, 0) is 77.9 Å². The Morgan fingerprint density at radius 1 is 1.15 bits per heavy atom. The molecule has 1 aliphatic heterocycles. The number of nitrogens with one attached hydrogen (secondary N) is 3. The van der Waals surface area contributed by atoms with Crippen molar-refractivity contribution in [1.82, 2.24) is 16.1 Å². The van der Waals surface area contributed by atoms with Crippen LogP contribution in [0.25, 0.3) is 0 Å². The maximum Gasteiger partial charge on any atom is 0.338 e. The average Bonchev–Trinajstić information content (AvgIpc) is 2.91. The van der Waals surface area contributed by atoms with Crippen LogP contribution in [0, 0.1) is 3.57 Å². The Morgan fingerprint density at radius 3 is 2.62 bits per heavy atom. The van der Waals surface area contributed by atoms with E-state index in [4.69, 9.17) is 18.9 Å². The molecular formula is C27H29IN4O7. The highest BCUT2D eigenvalue weighted by atomic mass is 127. The molecule has 0 spiro atoms. The number of hydrazone groups is 1. The van der Waals surface area contributed by atoms with Crippen LogP contribution in [-0.4, -0.2) is 51.1 Å². The van der Waals surface area contributed by atoms with E-state index in [2.05, 4.69) is 50.3 Å². The van der Waals surface area contributed by atoms with E-state index < -0.39 is 23.9 Å². The fourth-order valence-corrected chi connectivity index (χ4v) is 4.32. The van der Waals surface area contributed by atoms with Gasteiger partial charge in [0.25, 0.3) is 5.91 Å². The van der Waals surface area contributed by atoms with Crippen LogP contribution in [0.15, 0.2) is 65.4 Å². The molecule has 2 aromatic carbocycles. The van der Waals surface area contributed by atoms with E-state index in [1.165, 1.54) is 13.3 Å². The number of allylic oxidation sites excluding steroid dienone is 1. The molecule has 0 aliphatic carbocycles. The van der Waals surface area contributed by atoms with Crippen LogP contribution in [0.2, 0.25) is 0 Å². The molecule has 1 heterocycles. The largest absolute Gasteiger partial charge is 0.493 e. The summed E-state index contributed by atoms with van der Waals surface area (Å²) in [6.45, 7) is 7.23. The Bertz CT molecular complexity index is 1310. The molecule has 0 bridgehead atoms. The van der Waals surface area contributed by atoms with Crippen LogP contribution in [0.4, 0.5) is 4.79 Å². The molecule has 3 rings (SSSR count). The second-order valence-electron chi connectivity index (χ2n) is 8.07. The Balaban J connectivity index is 1.64. The van der Waals surface area contributed by atoms with E-state index in [0.717, 1.165) is 14.9 Å². The predicted octanol–water partition coefficient (Wildman–Crippen LogP) is 3.58. The topological polar surface area (TPSA) is 137 Å².